The molecule has 0 saturated carbocycles. The molecule has 3 unspecified atom stereocenters. The fourth-order valence-corrected chi connectivity index (χ4v) is 6.69. The summed E-state index contributed by atoms with van der Waals surface area (Å²) in [5, 5.41) is 1.89. The molecule has 0 aliphatic heterocycles. The number of esters is 2. The van der Waals surface area contributed by atoms with E-state index >= 15 is 0 Å². The maximum absolute atomic E-state index is 14.2. The number of carbonyl (C=O) groups excluding carboxylic acids is 3. The summed E-state index contributed by atoms with van der Waals surface area (Å²) in [5.41, 5.74) is -3.82. The molecule has 2 aromatic carbocycles. The van der Waals surface area contributed by atoms with Crippen molar-refractivity contribution in [1.82, 2.24) is 0 Å². The van der Waals surface area contributed by atoms with Gasteiger partial charge in [-0.05, 0) is 94.3 Å². The molecule has 14 heteroatoms. The molecule has 0 saturated heterocycles. The molecule has 1 heterocycles. The minimum Gasteiger partial charge on any atom is -0.459 e. The highest BCUT2D eigenvalue weighted by molar-refractivity contribution is 7.54. The molecule has 44 heavy (non-hydrogen) atoms. The smallest absolute Gasteiger partial charge is 0.348 e. The summed E-state index contributed by atoms with van der Waals surface area (Å²) in [6, 6.07) is 8.25. The van der Waals surface area contributed by atoms with Gasteiger partial charge in [-0.2, -0.15) is 0 Å². The molecule has 0 aliphatic carbocycles. The van der Waals surface area contributed by atoms with Crippen LogP contribution in [0.4, 0.5) is 10.1 Å². The van der Waals surface area contributed by atoms with Gasteiger partial charge in [-0.1, -0.05) is 29.8 Å². The average Bonchev–Trinajstić information content (AvgIpc) is 3.30. The topological polar surface area (TPSA) is 119 Å². The van der Waals surface area contributed by atoms with Gasteiger partial charge in [0.1, 0.15) is 5.82 Å². The number of ether oxygens (including phenoxy) is 2. The van der Waals surface area contributed by atoms with E-state index in [-0.39, 0.29) is 16.3 Å². The van der Waals surface area contributed by atoms with Crippen molar-refractivity contribution >= 4 is 75.8 Å². The Kier molecular flexibility index (Phi) is 11.1. The number of carbonyl (C=O) groups is 3. The molecule has 0 spiro atoms. The highest BCUT2D eigenvalue weighted by Gasteiger charge is 2.46. The molecule has 1 aromatic heterocycles. The van der Waals surface area contributed by atoms with Crippen LogP contribution in [-0.2, 0) is 32.9 Å². The first-order valence-corrected chi connectivity index (χ1v) is 16.5. The molecule has 3 aromatic rings. The van der Waals surface area contributed by atoms with Crippen molar-refractivity contribution in [3.63, 3.8) is 0 Å². The van der Waals surface area contributed by atoms with E-state index in [2.05, 4.69) is 6.58 Å². The van der Waals surface area contributed by atoms with Crippen molar-refractivity contribution in [3.8, 4) is 0 Å². The van der Waals surface area contributed by atoms with E-state index < -0.39 is 60.6 Å². The number of anilines is 1. The Morgan fingerprint density at radius 2 is 1.70 bits per heavy atom. The van der Waals surface area contributed by atoms with Crippen molar-refractivity contribution in [3.05, 3.63) is 76.0 Å². The maximum Gasteiger partial charge on any atom is 0.348 e. The third-order valence-corrected chi connectivity index (χ3v) is 9.30. The fraction of sp³-hybridized carbons (Fsp3) is 0.367. The summed E-state index contributed by atoms with van der Waals surface area (Å²) in [6.07, 6.45) is -0.798. The number of hydrogen-bond donors (Lipinski definition) is 1. The monoisotopic (exact) mass is 687 g/mol. The Labute approximate surface area is 269 Å². The van der Waals surface area contributed by atoms with E-state index in [0.717, 1.165) is 23.2 Å². The molecule has 3 rings (SSSR count). The molecule has 0 bridgehead atoms. The van der Waals surface area contributed by atoms with Gasteiger partial charge >= 0.3 is 19.5 Å². The molecular weight excluding hydrogens is 655 g/mol. The van der Waals surface area contributed by atoms with Gasteiger partial charge in [0.25, 0.3) is 5.91 Å². The summed E-state index contributed by atoms with van der Waals surface area (Å²) < 4.78 is 45.0. The Bertz CT molecular complexity index is 1630. The predicted octanol–water partition coefficient (Wildman–Crippen LogP) is 8.27. The molecular formula is C30H33Cl2FNO8PS. The molecule has 0 radical (unpaired) electrons. The highest BCUT2D eigenvalue weighted by atomic mass is 35.5. The summed E-state index contributed by atoms with van der Waals surface area (Å²) in [5.74, 6) is -3.26. The van der Waals surface area contributed by atoms with Crippen molar-refractivity contribution in [1.29, 1.82) is 0 Å². The van der Waals surface area contributed by atoms with E-state index in [4.69, 9.17) is 37.2 Å². The lowest BCUT2D eigenvalue weighted by Crippen LogP contribution is -2.36. The van der Waals surface area contributed by atoms with Crippen LogP contribution in [0.15, 0.2) is 54.6 Å². The lowest BCUT2D eigenvalue weighted by Gasteiger charge is -2.30. The highest BCUT2D eigenvalue weighted by Crippen LogP contribution is 2.60. The van der Waals surface area contributed by atoms with Crippen LogP contribution < -0.4 is 4.90 Å². The summed E-state index contributed by atoms with van der Waals surface area (Å²) >= 11 is 13.4. The standard InChI is InChI=1S/C30H33Cl2FNO8PS/c1-8-34(18-10-11-22(33)21(32)14-18)26(35)25(20-16-44-23-12-9-17(31)13-19(20)23)43(38,39)42-24(41-28(37)30(5,6)7)15-40-27(36)29(2,3)4/h8-14,16,24-25H,1,15H2,2-7H3,(H,38,39). The summed E-state index contributed by atoms with van der Waals surface area (Å²) in [4.78, 5) is 51.9. The molecule has 9 nitrogen and oxygen atoms in total. The van der Waals surface area contributed by atoms with Gasteiger partial charge in [0.2, 0.25) is 6.29 Å². The van der Waals surface area contributed by atoms with Crippen LogP contribution in [0.25, 0.3) is 10.1 Å². The van der Waals surface area contributed by atoms with Crippen molar-refractivity contribution in [2.75, 3.05) is 11.5 Å². The molecule has 1 amide bonds. The van der Waals surface area contributed by atoms with Gasteiger partial charge < -0.3 is 14.4 Å². The predicted molar refractivity (Wildman–Crippen MR) is 169 cm³/mol. The first kappa shape index (κ1) is 35.7. The summed E-state index contributed by atoms with van der Waals surface area (Å²) in [7, 11) is -5.19. The number of thiophene rings is 1. The Morgan fingerprint density at radius 1 is 1.07 bits per heavy atom. The number of fused-ring (bicyclic) bond motifs is 1. The summed E-state index contributed by atoms with van der Waals surface area (Å²) in [6.45, 7) is 12.3. The van der Waals surface area contributed by atoms with E-state index in [1.807, 2.05) is 0 Å². The Balaban J connectivity index is 2.14. The number of amides is 1. The van der Waals surface area contributed by atoms with Crippen LogP contribution in [0.3, 0.4) is 0 Å². The zero-order valence-corrected chi connectivity index (χ0v) is 28.2. The van der Waals surface area contributed by atoms with Gasteiger partial charge in [0, 0.05) is 21.6 Å². The van der Waals surface area contributed by atoms with Gasteiger partial charge in [-0.3, -0.25) is 28.4 Å². The van der Waals surface area contributed by atoms with E-state index in [1.165, 1.54) is 28.8 Å². The Morgan fingerprint density at radius 3 is 2.27 bits per heavy atom. The minimum absolute atomic E-state index is 0.0498. The average molecular weight is 689 g/mol. The largest absolute Gasteiger partial charge is 0.459 e. The van der Waals surface area contributed by atoms with Gasteiger partial charge in [-0.25, -0.2) is 4.39 Å². The van der Waals surface area contributed by atoms with Crippen LogP contribution in [0.1, 0.15) is 52.8 Å². The quantitative estimate of drug-likeness (QED) is 0.128. The van der Waals surface area contributed by atoms with Crippen LogP contribution in [-0.4, -0.2) is 35.6 Å². The number of hydrogen-bond acceptors (Lipinski definition) is 8. The molecule has 1 N–H and O–H groups in total. The first-order chi connectivity index (χ1) is 20.3. The lowest BCUT2D eigenvalue weighted by atomic mass is 9.97. The number of rotatable bonds is 10. The van der Waals surface area contributed by atoms with Crippen molar-refractivity contribution in [2.24, 2.45) is 10.8 Å². The molecule has 3 atom stereocenters. The van der Waals surface area contributed by atoms with Crippen LogP contribution in [0.2, 0.25) is 10.0 Å². The number of benzene rings is 2. The first-order valence-electron chi connectivity index (χ1n) is 13.2. The van der Waals surface area contributed by atoms with Crippen LogP contribution >= 0.6 is 42.1 Å². The second kappa shape index (κ2) is 13.7. The van der Waals surface area contributed by atoms with E-state index in [9.17, 15) is 28.2 Å². The number of nitrogens with zero attached hydrogens (tertiary/aromatic N) is 1. The third kappa shape index (κ3) is 8.47. The van der Waals surface area contributed by atoms with Gasteiger partial charge in [0.15, 0.2) is 12.3 Å². The third-order valence-electron chi connectivity index (χ3n) is 6.10. The maximum atomic E-state index is 14.2. The van der Waals surface area contributed by atoms with Crippen molar-refractivity contribution < 1.29 is 42.2 Å². The second-order valence-corrected chi connectivity index (χ2v) is 15.4. The van der Waals surface area contributed by atoms with Gasteiger partial charge in [-0.15, -0.1) is 11.3 Å². The second-order valence-electron chi connectivity index (χ2n) is 11.8. The minimum atomic E-state index is -5.19. The fourth-order valence-electron chi connectivity index (χ4n) is 3.74. The molecule has 0 aliphatic rings. The number of halogens is 3. The van der Waals surface area contributed by atoms with Crippen molar-refractivity contribution in [2.45, 2.75) is 53.5 Å². The normalized spacial score (nSPS) is 14.8. The Hall–Kier alpha value is -2.79. The van der Waals surface area contributed by atoms with E-state index in [1.54, 1.807) is 53.7 Å². The zero-order chi connectivity index (χ0) is 33.2. The SMILES string of the molecule is C=CN(C(=O)C(c1csc2ccc(Cl)cc12)P(=O)(O)OC(COC(=O)C(C)(C)C)OC(=O)C(C)(C)C)c1ccc(F)c(Cl)c1. The zero-order valence-electron chi connectivity index (χ0n) is 24.9. The molecule has 0 fully saturated rings. The lowest BCUT2D eigenvalue weighted by molar-refractivity contribution is -0.187. The molecule has 238 valence electrons. The van der Waals surface area contributed by atoms with Crippen LogP contribution in [0, 0.1) is 16.6 Å². The van der Waals surface area contributed by atoms with Crippen LogP contribution in [0.5, 0.6) is 0 Å². The van der Waals surface area contributed by atoms with Gasteiger partial charge in [0.05, 0.1) is 15.9 Å². The van der Waals surface area contributed by atoms with E-state index in [0.29, 0.717) is 15.1 Å².